The molecule has 0 spiro atoms. The number of nitrogens with one attached hydrogen (secondary N) is 2. The molecular formula is C32H22BrClF3N3O5. The molecule has 0 bridgehead atoms. The lowest BCUT2D eigenvalue weighted by atomic mass is 10.0. The summed E-state index contributed by atoms with van der Waals surface area (Å²) in [6, 6.07) is 18.9. The first kappa shape index (κ1) is 31.6. The zero-order chi connectivity index (χ0) is 32.3. The second-order valence-corrected chi connectivity index (χ2v) is 10.7. The van der Waals surface area contributed by atoms with Gasteiger partial charge in [0.05, 0.1) is 42.5 Å². The van der Waals surface area contributed by atoms with Crippen LogP contribution in [0.3, 0.4) is 0 Å². The summed E-state index contributed by atoms with van der Waals surface area (Å²) in [5.74, 6) is -0.717. The molecule has 0 radical (unpaired) electrons. The van der Waals surface area contributed by atoms with Gasteiger partial charge >= 0.3 is 12.1 Å². The molecule has 0 saturated carbocycles. The summed E-state index contributed by atoms with van der Waals surface area (Å²) >= 11 is 9.88. The number of hydrogen-bond acceptors (Lipinski definition) is 6. The summed E-state index contributed by atoms with van der Waals surface area (Å²) in [6.45, 7) is 0. The number of ether oxygens (including phenoxy) is 3. The van der Waals surface area contributed by atoms with Crippen LogP contribution in [0.25, 0.3) is 22.0 Å². The van der Waals surface area contributed by atoms with E-state index in [1.165, 1.54) is 32.6 Å². The van der Waals surface area contributed by atoms with Crippen LogP contribution < -0.4 is 19.6 Å². The fourth-order valence-electron chi connectivity index (χ4n) is 4.60. The lowest BCUT2D eigenvalue weighted by Gasteiger charge is -2.10. The number of aromatic amines is 1. The van der Waals surface area contributed by atoms with Gasteiger partial charge in [0.15, 0.2) is 0 Å². The van der Waals surface area contributed by atoms with Gasteiger partial charge in [-0.15, -0.1) is 0 Å². The Labute approximate surface area is 267 Å². The molecule has 1 heterocycles. The highest BCUT2D eigenvalue weighted by Gasteiger charge is 2.31. The van der Waals surface area contributed by atoms with Gasteiger partial charge in [-0.1, -0.05) is 51.8 Å². The molecule has 0 saturated heterocycles. The van der Waals surface area contributed by atoms with Crippen LogP contribution >= 0.6 is 27.5 Å². The number of carbonyl (C=O) groups excluding carboxylic acids is 2. The summed E-state index contributed by atoms with van der Waals surface area (Å²) in [4.78, 5) is 29.4. The molecule has 0 aliphatic carbocycles. The molecule has 0 atom stereocenters. The standard InChI is InChI=1S/C32H22BrClF3N3O5/c1-43-24-12-13-25(44-2)28-27(24)26(21-8-3-4-9-22(21)34)29(39-28)30(41)40-38-16-18-15-20(33)10-11-23(18)45-31(42)17-6-5-7-19(14-17)32(35,36)37/h3-16,39H,1-2H3,(H,40,41). The topological polar surface area (TPSA) is 102 Å². The predicted molar refractivity (Wildman–Crippen MR) is 167 cm³/mol. The van der Waals surface area contributed by atoms with Gasteiger partial charge in [-0.25, -0.2) is 10.2 Å². The smallest absolute Gasteiger partial charge is 0.416 e. The predicted octanol–water partition coefficient (Wildman–Crippen LogP) is 8.27. The molecule has 8 nitrogen and oxygen atoms in total. The minimum absolute atomic E-state index is 0.00421. The molecule has 0 aliphatic heterocycles. The quantitative estimate of drug-likeness (QED) is 0.0735. The second-order valence-electron chi connectivity index (χ2n) is 9.42. The maximum Gasteiger partial charge on any atom is 0.416 e. The van der Waals surface area contributed by atoms with Gasteiger partial charge in [-0.05, 0) is 54.6 Å². The number of esters is 1. The number of aromatic nitrogens is 1. The Morgan fingerprint density at radius 2 is 1.64 bits per heavy atom. The third-order valence-corrected chi connectivity index (χ3v) is 7.48. The number of carbonyl (C=O) groups is 2. The number of halogens is 5. The Morgan fingerprint density at radius 3 is 2.36 bits per heavy atom. The van der Waals surface area contributed by atoms with Gasteiger partial charge in [-0.2, -0.15) is 18.3 Å². The third kappa shape index (κ3) is 6.66. The molecular weight excluding hydrogens is 679 g/mol. The van der Waals surface area contributed by atoms with Crippen molar-refractivity contribution in [3.8, 4) is 28.4 Å². The maximum absolute atomic E-state index is 13.6. The lowest BCUT2D eigenvalue weighted by Crippen LogP contribution is -2.19. The summed E-state index contributed by atoms with van der Waals surface area (Å²) in [6.07, 6.45) is -3.40. The van der Waals surface area contributed by atoms with E-state index >= 15 is 0 Å². The summed E-state index contributed by atoms with van der Waals surface area (Å²) in [5, 5.41) is 5.01. The number of H-pyrrole nitrogens is 1. The molecule has 0 unspecified atom stereocenters. The van der Waals surface area contributed by atoms with E-state index in [9.17, 15) is 22.8 Å². The van der Waals surface area contributed by atoms with Crippen LogP contribution in [0.1, 0.15) is 32.0 Å². The average molecular weight is 701 g/mol. The molecule has 45 heavy (non-hydrogen) atoms. The van der Waals surface area contributed by atoms with E-state index < -0.39 is 23.6 Å². The van der Waals surface area contributed by atoms with E-state index in [4.69, 9.17) is 25.8 Å². The van der Waals surface area contributed by atoms with Crippen LogP contribution in [0.5, 0.6) is 17.2 Å². The van der Waals surface area contributed by atoms with Crippen molar-refractivity contribution in [1.82, 2.24) is 10.4 Å². The van der Waals surface area contributed by atoms with E-state index in [0.717, 1.165) is 12.1 Å². The lowest BCUT2D eigenvalue weighted by molar-refractivity contribution is -0.137. The Kier molecular flexibility index (Phi) is 9.16. The van der Waals surface area contributed by atoms with Gasteiger partial charge in [0.25, 0.3) is 5.91 Å². The molecule has 0 fully saturated rings. The van der Waals surface area contributed by atoms with Crippen molar-refractivity contribution in [3.05, 3.63) is 111 Å². The van der Waals surface area contributed by atoms with E-state index in [1.54, 1.807) is 48.5 Å². The monoisotopic (exact) mass is 699 g/mol. The third-order valence-electron chi connectivity index (χ3n) is 6.66. The number of methoxy groups -OCH3 is 2. The van der Waals surface area contributed by atoms with Crippen molar-refractivity contribution >= 4 is 56.5 Å². The van der Waals surface area contributed by atoms with Gasteiger partial charge in [0.2, 0.25) is 0 Å². The number of benzene rings is 4. The van der Waals surface area contributed by atoms with Crippen LogP contribution in [0.2, 0.25) is 5.02 Å². The number of alkyl halides is 3. The van der Waals surface area contributed by atoms with Gasteiger partial charge < -0.3 is 19.2 Å². The van der Waals surface area contributed by atoms with Gasteiger partial charge in [0, 0.05) is 26.2 Å². The minimum atomic E-state index is -4.63. The largest absolute Gasteiger partial charge is 0.496 e. The first-order chi connectivity index (χ1) is 21.5. The van der Waals surface area contributed by atoms with Crippen LogP contribution in [0, 0.1) is 0 Å². The van der Waals surface area contributed by atoms with Crippen LogP contribution in [0.15, 0.2) is 88.4 Å². The number of hydrogen-bond donors (Lipinski definition) is 2. The highest BCUT2D eigenvalue weighted by Crippen LogP contribution is 2.44. The molecule has 1 aromatic heterocycles. The molecule has 0 aliphatic rings. The summed E-state index contributed by atoms with van der Waals surface area (Å²) in [7, 11) is 3.00. The molecule has 5 aromatic rings. The zero-order valence-corrected chi connectivity index (χ0v) is 25.8. The number of hydrazone groups is 1. The second kappa shape index (κ2) is 13.0. The Hall–Kier alpha value is -4.81. The summed E-state index contributed by atoms with van der Waals surface area (Å²) < 4.78 is 56.5. The number of fused-ring (bicyclic) bond motifs is 1. The average Bonchev–Trinajstić information content (AvgIpc) is 3.42. The normalized spacial score (nSPS) is 11.5. The SMILES string of the molecule is COc1ccc(OC)c2c(-c3ccccc3Cl)c(C(=O)NN=Cc3cc(Br)ccc3OC(=O)c3cccc(C(F)(F)F)c3)[nH]c12. The van der Waals surface area contributed by atoms with Gasteiger partial charge in [0.1, 0.15) is 22.9 Å². The van der Waals surface area contributed by atoms with Crippen molar-refractivity contribution in [3.63, 3.8) is 0 Å². The number of nitrogens with zero attached hydrogens (tertiary/aromatic N) is 1. The number of rotatable bonds is 8. The van der Waals surface area contributed by atoms with Crippen molar-refractivity contribution in [2.45, 2.75) is 6.18 Å². The number of amides is 1. The zero-order valence-electron chi connectivity index (χ0n) is 23.5. The highest BCUT2D eigenvalue weighted by molar-refractivity contribution is 9.10. The Bertz CT molecular complexity index is 1960. The van der Waals surface area contributed by atoms with Gasteiger partial charge in [-0.3, -0.25) is 4.79 Å². The van der Waals surface area contributed by atoms with E-state index in [1.807, 2.05) is 0 Å². The first-order valence-corrected chi connectivity index (χ1v) is 14.2. The molecule has 5 rings (SSSR count). The minimum Gasteiger partial charge on any atom is -0.496 e. The molecule has 4 aromatic carbocycles. The summed E-state index contributed by atoms with van der Waals surface area (Å²) in [5.41, 5.74) is 3.06. The van der Waals surface area contributed by atoms with E-state index in [0.29, 0.717) is 49.1 Å². The van der Waals surface area contributed by atoms with E-state index in [-0.39, 0.29) is 22.6 Å². The van der Waals surface area contributed by atoms with Crippen LogP contribution in [0.4, 0.5) is 13.2 Å². The first-order valence-electron chi connectivity index (χ1n) is 13.1. The molecule has 1 amide bonds. The Balaban J connectivity index is 1.47. The van der Waals surface area contributed by atoms with Crippen molar-refractivity contribution in [2.24, 2.45) is 5.10 Å². The maximum atomic E-state index is 13.6. The van der Waals surface area contributed by atoms with Crippen molar-refractivity contribution in [2.75, 3.05) is 14.2 Å². The fourth-order valence-corrected chi connectivity index (χ4v) is 5.21. The van der Waals surface area contributed by atoms with Crippen molar-refractivity contribution in [1.29, 1.82) is 0 Å². The molecule has 230 valence electrons. The molecule has 2 N–H and O–H groups in total. The van der Waals surface area contributed by atoms with Crippen LogP contribution in [-0.2, 0) is 6.18 Å². The Morgan fingerprint density at radius 1 is 0.933 bits per heavy atom. The van der Waals surface area contributed by atoms with Crippen molar-refractivity contribution < 1.29 is 37.0 Å². The highest BCUT2D eigenvalue weighted by atomic mass is 79.9. The fraction of sp³-hybridized carbons (Fsp3) is 0.0938. The van der Waals surface area contributed by atoms with E-state index in [2.05, 4.69) is 31.4 Å². The van der Waals surface area contributed by atoms with Crippen LogP contribution in [-0.4, -0.2) is 37.3 Å². The molecule has 13 heteroatoms.